The first-order valence-electron chi connectivity index (χ1n) is 5.12. The van der Waals surface area contributed by atoms with Crippen LogP contribution in [0.5, 0.6) is 0 Å². The highest BCUT2D eigenvalue weighted by atomic mass is 15.5. The maximum Gasteiger partial charge on any atom is 0.0238 e. The van der Waals surface area contributed by atoms with Crippen LogP contribution in [0.2, 0.25) is 0 Å². The third-order valence-electron chi connectivity index (χ3n) is 2.63. The molecule has 0 radical (unpaired) electrons. The highest BCUT2D eigenvalue weighted by Crippen LogP contribution is 2.10. The fourth-order valence-electron chi connectivity index (χ4n) is 1.28. The van der Waals surface area contributed by atoms with E-state index in [-0.39, 0.29) is 0 Å². The Kier molecular flexibility index (Phi) is 6.39. The molecule has 2 atom stereocenters. The summed E-state index contributed by atoms with van der Waals surface area (Å²) >= 11 is 0. The predicted molar refractivity (Wildman–Crippen MR) is 55.0 cm³/mol. The Bertz CT molecular complexity index is 104. The second-order valence-electron chi connectivity index (χ2n) is 3.54. The second-order valence-corrected chi connectivity index (χ2v) is 3.54. The van der Waals surface area contributed by atoms with Gasteiger partial charge in [-0.2, -0.15) is 0 Å². The van der Waals surface area contributed by atoms with E-state index in [1.165, 1.54) is 12.8 Å². The molecule has 0 aromatic carbocycles. The van der Waals surface area contributed by atoms with Crippen molar-refractivity contribution in [1.29, 1.82) is 0 Å². The van der Waals surface area contributed by atoms with Crippen LogP contribution in [0.3, 0.4) is 0 Å². The zero-order valence-corrected chi connectivity index (χ0v) is 9.22. The minimum Gasteiger partial charge on any atom is -0.252 e. The lowest BCUT2D eigenvalue weighted by Crippen LogP contribution is -2.44. The molecule has 0 aromatic rings. The summed E-state index contributed by atoms with van der Waals surface area (Å²) in [4.78, 5) is 0. The molecule has 0 aliphatic heterocycles. The molecule has 12 heavy (non-hydrogen) atoms. The van der Waals surface area contributed by atoms with Gasteiger partial charge in [0.1, 0.15) is 0 Å². The molecule has 2 nitrogen and oxygen atoms in total. The summed E-state index contributed by atoms with van der Waals surface area (Å²) in [6.45, 7) is 10.0. The fourth-order valence-corrected chi connectivity index (χ4v) is 1.28. The van der Waals surface area contributed by atoms with Gasteiger partial charge in [0, 0.05) is 19.6 Å². The smallest absolute Gasteiger partial charge is 0.0238 e. The van der Waals surface area contributed by atoms with Crippen molar-refractivity contribution < 1.29 is 0 Å². The molecule has 0 heterocycles. The Morgan fingerprint density at radius 1 is 1.17 bits per heavy atom. The molecular weight excluding hydrogens is 148 g/mol. The van der Waals surface area contributed by atoms with Crippen molar-refractivity contribution in [3.8, 4) is 0 Å². The van der Waals surface area contributed by atoms with E-state index in [4.69, 9.17) is 0 Å². The maximum atomic E-state index is 3.50. The second kappa shape index (κ2) is 6.44. The Labute approximate surface area is 77.3 Å². The lowest BCUT2D eigenvalue weighted by molar-refractivity contribution is 0.170. The van der Waals surface area contributed by atoms with Gasteiger partial charge in [0.15, 0.2) is 0 Å². The molecule has 2 heteroatoms. The first-order chi connectivity index (χ1) is 5.65. The first kappa shape index (κ1) is 11.9. The van der Waals surface area contributed by atoms with Gasteiger partial charge in [-0.15, -0.1) is 0 Å². The molecule has 0 fully saturated rings. The quantitative estimate of drug-likeness (QED) is 0.618. The van der Waals surface area contributed by atoms with Gasteiger partial charge >= 0.3 is 0 Å². The fraction of sp³-hybridized carbons (Fsp3) is 1.00. The van der Waals surface area contributed by atoms with Crippen LogP contribution in [0.15, 0.2) is 0 Å². The molecule has 1 N–H and O–H groups in total. The average molecular weight is 172 g/mol. The highest BCUT2D eigenvalue weighted by Gasteiger charge is 2.13. The lowest BCUT2D eigenvalue weighted by atomic mass is 9.98. The molecule has 2 unspecified atom stereocenters. The van der Waals surface area contributed by atoms with E-state index in [2.05, 4.69) is 45.2 Å². The predicted octanol–water partition coefficient (Wildman–Crippen LogP) is 2.27. The maximum absolute atomic E-state index is 3.50. The van der Waals surface area contributed by atoms with Crippen molar-refractivity contribution >= 4 is 0 Å². The third kappa shape index (κ3) is 4.07. The number of nitrogens with zero attached hydrogens (tertiary/aromatic N) is 1. The summed E-state index contributed by atoms with van der Waals surface area (Å²) < 4.78 is 0. The Balaban J connectivity index is 3.81. The number of rotatable bonds is 6. The van der Waals surface area contributed by atoms with Gasteiger partial charge in [-0.1, -0.05) is 34.1 Å². The van der Waals surface area contributed by atoms with E-state index < -0.39 is 0 Å². The van der Waals surface area contributed by atoms with Gasteiger partial charge in [0.2, 0.25) is 0 Å². The molecule has 0 aliphatic rings. The first-order valence-corrected chi connectivity index (χ1v) is 5.12. The van der Waals surface area contributed by atoms with Crippen LogP contribution >= 0.6 is 0 Å². The van der Waals surface area contributed by atoms with Gasteiger partial charge in [0.25, 0.3) is 0 Å². The van der Waals surface area contributed by atoms with Crippen molar-refractivity contribution in [2.24, 2.45) is 5.92 Å². The molecule has 0 aromatic heterocycles. The van der Waals surface area contributed by atoms with E-state index in [9.17, 15) is 0 Å². The summed E-state index contributed by atoms with van der Waals surface area (Å²) in [5.41, 5.74) is 3.50. The molecule has 74 valence electrons. The standard InChI is InChI=1S/C10H24N2/c1-6-9(4)10(7-2)11-12(5)8-3/h9-11H,6-8H2,1-5H3. The van der Waals surface area contributed by atoms with Gasteiger partial charge in [-0.3, -0.25) is 5.43 Å². The number of hydrogen-bond acceptors (Lipinski definition) is 2. The minimum atomic E-state index is 0.639. The molecular formula is C10H24N2. The summed E-state index contributed by atoms with van der Waals surface area (Å²) in [6.07, 6.45) is 2.46. The lowest BCUT2D eigenvalue weighted by Gasteiger charge is -2.28. The molecule has 0 saturated heterocycles. The number of nitrogens with one attached hydrogen (secondary N) is 1. The Morgan fingerprint density at radius 3 is 2.08 bits per heavy atom. The zero-order chi connectivity index (χ0) is 9.56. The van der Waals surface area contributed by atoms with Crippen molar-refractivity contribution in [1.82, 2.24) is 10.4 Å². The average Bonchev–Trinajstić information content (AvgIpc) is 2.12. The third-order valence-corrected chi connectivity index (χ3v) is 2.63. The summed E-state index contributed by atoms with van der Waals surface area (Å²) in [7, 11) is 2.10. The van der Waals surface area contributed by atoms with Crippen LogP contribution in [0.25, 0.3) is 0 Å². The number of hydrazine groups is 1. The van der Waals surface area contributed by atoms with Gasteiger partial charge in [-0.05, 0) is 12.3 Å². The van der Waals surface area contributed by atoms with E-state index in [0.29, 0.717) is 6.04 Å². The van der Waals surface area contributed by atoms with Crippen LogP contribution in [0.4, 0.5) is 0 Å². The normalized spacial score (nSPS) is 16.5. The monoisotopic (exact) mass is 172 g/mol. The van der Waals surface area contributed by atoms with Crippen LogP contribution in [-0.4, -0.2) is 24.6 Å². The van der Waals surface area contributed by atoms with Crippen molar-refractivity contribution in [3.05, 3.63) is 0 Å². The SMILES string of the molecule is CCC(C)C(CC)NN(C)CC. The number of hydrogen-bond donors (Lipinski definition) is 1. The summed E-state index contributed by atoms with van der Waals surface area (Å²) in [6, 6.07) is 0.639. The summed E-state index contributed by atoms with van der Waals surface area (Å²) in [5, 5.41) is 2.17. The van der Waals surface area contributed by atoms with Crippen molar-refractivity contribution in [3.63, 3.8) is 0 Å². The molecule has 0 rings (SSSR count). The molecule has 0 amide bonds. The minimum absolute atomic E-state index is 0.639. The van der Waals surface area contributed by atoms with Crippen LogP contribution in [0.1, 0.15) is 40.5 Å². The Morgan fingerprint density at radius 2 is 1.75 bits per heavy atom. The molecule has 0 aliphatic carbocycles. The molecule has 0 spiro atoms. The van der Waals surface area contributed by atoms with Crippen molar-refractivity contribution in [2.75, 3.05) is 13.6 Å². The largest absolute Gasteiger partial charge is 0.252 e. The van der Waals surface area contributed by atoms with Crippen LogP contribution in [-0.2, 0) is 0 Å². The van der Waals surface area contributed by atoms with E-state index >= 15 is 0 Å². The van der Waals surface area contributed by atoms with Gasteiger partial charge in [0.05, 0.1) is 0 Å². The van der Waals surface area contributed by atoms with Crippen LogP contribution < -0.4 is 5.43 Å². The van der Waals surface area contributed by atoms with Gasteiger partial charge < -0.3 is 0 Å². The molecule has 0 saturated carbocycles. The Hall–Kier alpha value is -0.0800. The highest BCUT2D eigenvalue weighted by molar-refractivity contribution is 4.68. The van der Waals surface area contributed by atoms with Gasteiger partial charge in [-0.25, -0.2) is 5.01 Å². The zero-order valence-electron chi connectivity index (χ0n) is 9.22. The molecule has 0 bridgehead atoms. The van der Waals surface area contributed by atoms with E-state index in [1.807, 2.05) is 0 Å². The summed E-state index contributed by atoms with van der Waals surface area (Å²) in [5.74, 6) is 0.768. The van der Waals surface area contributed by atoms with E-state index in [0.717, 1.165) is 12.5 Å². The van der Waals surface area contributed by atoms with Crippen molar-refractivity contribution in [2.45, 2.75) is 46.6 Å². The van der Waals surface area contributed by atoms with E-state index in [1.54, 1.807) is 0 Å². The topological polar surface area (TPSA) is 15.3 Å². The van der Waals surface area contributed by atoms with Crippen LogP contribution in [0, 0.1) is 5.92 Å².